The van der Waals surface area contributed by atoms with Gasteiger partial charge in [0.15, 0.2) is 5.76 Å². The SMILES string of the molecule is CCO[C@@H]1OC(C(=O)N2CCOCC2)=C[C@H](c2ccc(C(F)(F)F)cc2)[C@@H]1CCCO. The number of alkyl halides is 3. The number of hydrogen-bond acceptors (Lipinski definition) is 5. The number of benzene rings is 1. The summed E-state index contributed by atoms with van der Waals surface area (Å²) in [4.78, 5) is 14.7. The second-order valence-corrected chi connectivity index (χ2v) is 7.55. The molecule has 0 saturated carbocycles. The average Bonchev–Trinajstić information content (AvgIpc) is 2.77. The molecular weight excluding hydrogens is 415 g/mol. The van der Waals surface area contributed by atoms with E-state index in [0.29, 0.717) is 51.3 Å². The molecule has 0 aromatic heterocycles. The first-order chi connectivity index (χ1) is 14.8. The third-order valence-corrected chi connectivity index (χ3v) is 5.54. The maximum atomic E-state index is 13.0. The van der Waals surface area contributed by atoms with Gasteiger partial charge in [0.1, 0.15) is 0 Å². The highest BCUT2D eigenvalue weighted by atomic mass is 19.4. The predicted octanol–water partition coefficient (Wildman–Crippen LogP) is 3.31. The van der Waals surface area contributed by atoms with Crippen molar-refractivity contribution in [1.82, 2.24) is 4.90 Å². The van der Waals surface area contributed by atoms with Crippen molar-refractivity contribution in [3.8, 4) is 0 Å². The predicted molar refractivity (Wildman–Crippen MR) is 106 cm³/mol. The molecule has 2 heterocycles. The van der Waals surface area contributed by atoms with E-state index in [1.165, 1.54) is 12.1 Å². The van der Waals surface area contributed by atoms with Crippen LogP contribution >= 0.6 is 0 Å². The van der Waals surface area contributed by atoms with Gasteiger partial charge >= 0.3 is 6.18 Å². The van der Waals surface area contributed by atoms with Crippen LogP contribution in [0.1, 0.15) is 36.8 Å². The van der Waals surface area contributed by atoms with Crippen molar-refractivity contribution in [3.05, 3.63) is 47.2 Å². The van der Waals surface area contributed by atoms with E-state index in [4.69, 9.17) is 14.2 Å². The maximum absolute atomic E-state index is 13.0. The number of hydrogen-bond donors (Lipinski definition) is 1. The van der Waals surface area contributed by atoms with Gasteiger partial charge in [-0.25, -0.2) is 0 Å². The first-order valence-corrected chi connectivity index (χ1v) is 10.5. The number of carbonyl (C=O) groups is 1. The van der Waals surface area contributed by atoms with Gasteiger partial charge < -0.3 is 24.2 Å². The summed E-state index contributed by atoms with van der Waals surface area (Å²) in [6.45, 7) is 3.89. The largest absolute Gasteiger partial charge is 0.459 e. The van der Waals surface area contributed by atoms with Crippen molar-refractivity contribution in [2.75, 3.05) is 39.5 Å². The van der Waals surface area contributed by atoms with Crippen LogP contribution in [-0.2, 0) is 25.2 Å². The lowest BCUT2D eigenvalue weighted by atomic mass is 9.80. The Hall–Kier alpha value is -2.10. The van der Waals surface area contributed by atoms with Crippen LogP contribution in [0.4, 0.5) is 13.2 Å². The monoisotopic (exact) mass is 443 g/mol. The molecule has 2 aliphatic rings. The smallest absolute Gasteiger partial charge is 0.416 e. The fourth-order valence-electron chi connectivity index (χ4n) is 3.95. The van der Waals surface area contributed by atoms with E-state index < -0.39 is 18.0 Å². The van der Waals surface area contributed by atoms with Crippen molar-refractivity contribution >= 4 is 5.91 Å². The summed E-state index contributed by atoms with van der Waals surface area (Å²) >= 11 is 0. The Bertz CT molecular complexity index is 759. The van der Waals surface area contributed by atoms with Crippen LogP contribution in [0, 0.1) is 5.92 Å². The standard InChI is InChI=1S/C22H28F3NO5/c1-2-30-21-17(4-3-11-27)18(15-5-7-16(8-6-15)22(23,24)25)14-19(31-21)20(28)26-9-12-29-13-10-26/h5-8,14,17-18,21,27H,2-4,9-13H2,1H3/t17-,18+,21+/m0/s1. The summed E-state index contributed by atoms with van der Waals surface area (Å²) in [5.41, 5.74) is -0.0959. The van der Waals surface area contributed by atoms with E-state index in [1.54, 1.807) is 17.9 Å². The quantitative estimate of drug-likeness (QED) is 0.700. The Morgan fingerprint density at radius 3 is 2.48 bits per heavy atom. The topological polar surface area (TPSA) is 68.2 Å². The van der Waals surface area contributed by atoms with Crippen LogP contribution in [-0.4, -0.2) is 61.7 Å². The van der Waals surface area contributed by atoms with Crippen LogP contribution in [0.25, 0.3) is 0 Å². The van der Waals surface area contributed by atoms with Crippen molar-refractivity contribution in [3.63, 3.8) is 0 Å². The molecule has 31 heavy (non-hydrogen) atoms. The lowest BCUT2D eigenvalue weighted by molar-refractivity contribution is -0.171. The van der Waals surface area contributed by atoms with Crippen LogP contribution in [0.2, 0.25) is 0 Å². The molecular formula is C22H28F3NO5. The molecule has 1 aromatic carbocycles. The number of aliphatic hydroxyl groups is 1. The van der Waals surface area contributed by atoms with E-state index in [9.17, 15) is 23.1 Å². The highest BCUT2D eigenvalue weighted by Gasteiger charge is 2.39. The Kier molecular flexibility index (Phi) is 7.96. The fraction of sp³-hybridized carbons (Fsp3) is 0.591. The van der Waals surface area contributed by atoms with Crippen molar-refractivity contribution in [1.29, 1.82) is 0 Å². The molecule has 3 atom stereocenters. The van der Waals surface area contributed by atoms with Crippen LogP contribution in [0.3, 0.4) is 0 Å². The zero-order valence-electron chi connectivity index (χ0n) is 17.4. The minimum atomic E-state index is -4.42. The Morgan fingerprint density at radius 1 is 1.23 bits per heavy atom. The van der Waals surface area contributed by atoms with Crippen LogP contribution < -0.4 is 0 Å². The summed E-state index contributed by atoms with van der Waals surface area (Å²) in [5, 5.41) is 9.31. The molecule has 0 unspecified atom stereocenters. The van der Waals surface area contributed by atoms with Gasteiger partial charge in [0.05, 0.1) is 18.8 Å². The highest BCUT2D eigenvalue weighted by molar-refractivity contribution is 5.92. The highest BCUT2D eigenvalue weighted by Crippen LogP contribution is 2.40. The van der Waals surface area contributed by atoms with Crippen molar-refractivity contribution in [2.24, 2.45) is 5.92 Å². The summed E-state index contributed by atoms with van der Waals surface area (Å²) in [7, 11) is 0. The number of morpholine rings is 1. The molecule has 1 fully saturated rings. The van der Waals surface area contributed by atoms with Gasteiger partial charge in [-0.2, -0.15) is 13.2 Å². The van der Waals surface area contributed by atoms with E-state index in [0.717, 1.165) is 12.1 Å². The van der Waals surface area contributed by atoms with Crippen LogP contribution in [0.5, 0.6) is 0 Å². The number of allylic oxidation sites excluding steroid dienone is 1. The van der Waals surface area contributed by atoms with E-state index in [1.807, 2.05) is 0 Å². The molecule has 172 valence electrons. The minimum Gasteiger partial charge on any atom is -0.459 e. The fourth-order valence-corrected chi connectivity index (χ4v) is 3.95. The second-order valence-electron chi connectivity index (χ2n) is 7.55. The van der Waals surface area contributed by atoms with Gasteiger partial charge in [-0.15, -0.1) is 0 Å². The van der Waals surface area contributed by atoms with Crippen molar-refractivity contribution < 1.29 is 37.3 Å². The lowest BCUT2D eigenvalue weighted by Gasteiger charge is -2.38. The molecule has 1 N–H and O–H groups in total. The first kappa shape index (κ1) is 23.6. The maximum Gasteiger partial charge on any atom is 0.416 e. The van der Waals surface area contributed by atoms with Gasteiger partial charge in [-0.3, -0.25) is 4.79 Å². The van der Waals surface area contributed by atoms with Gasteiger partial charge in [-0.1, -0.05) is 12.1 Å². The second kappa shape index (κ2) is 10.5. The summed E-state index contributed by atoms with van der Waals surface area (Å²) in [6, 6.07) is 4.95. The molecule has 6 nitrogen and oxygen atoms in total. The number of carbonyl (C=O) groups excluding carboxylic acids is 1. The molecule has 0 radical (unpaired) electrons. The molecule has 0 bridgehead atoms. The molecule has 1 aromatic rings. The number of halogens is 3. The third kappa shape index (κ3) is 5.78. The average molecular weight is 443 g/mol. The summed E-state index contributed by atoms with van der Waals surface area (Å²) in [5.74, 6) is -0.805. The molecule has 1 saturated heterocycles. The summed E-state index contributed by atoms with van der Waals surface area (Å²) in [6.07, 6.45) is -2.48. The summed E-state index contributed by atoms with van der Waals surface area (Å²) < 4.78 is 56.0. The lowest BCUT2D eigenvalue weighted by Crippen LogP contribution is -2.44. The normalized spacial score (nSPS) is 24.5. The van der Waals surface area contributed by atoms with Gasteiger partial charge in [0.25, 0.3) is 5.91 Å². The van der Waals surface area contributed by atoms with Crippen molar-refractivity contribution in [2.45, 2.75) is 38.1 Å². The number of aliphatic hydroxyl groups excluding tert-OH is 1. The Labute approximate surface area is 179 Å². The van der Waals surface area contributed by atoms with E-state index in [2.05, 4.69) is 0 Å². The van der Waals surface area contributed by atoms with Gasteiger partial charge in [-0.05, 0) is 43.5 Å². The van der Waals surface area contributed by atoms with E-state index >= 15 is 0 Å². The van der Waals surface area contributed by atoms with Gasteiger partial charge in [0.2, 0.25) is 6.29 Å². The molecule has 2 aliphatic heterocycles. The number of rotatable bonds is 7. The third-order valence-electron chi connectivity index (χ3n) is 5.54. The minimum absolute atomic E-state index is 0.0294. The Morgan fingerprint density at radius 2 is 1.90 bits per heavy atom. The first-order valence-electron chi connectivity index (χ1n) is 10.5. The van der Waals surface area contributed by atoms with Gasteiger partial charge in [0, 0.05) is 38.1 Å². The van der Waals surface area contributed by atoms with E-state index in [-0.39, 0.29) is 30.1 Å². The zero-order chi connectivity index (χ0) is 22.4. The zero-order valence-corrected chi connectivity index (χ0v) is 17.4. The number of ether oxygens (including phenoxy) is 3. The molecule has 9 heteroatoms. The molecule has 0 spiro atoms. The molecule has 3 rings (SSSR count). The molecule has 1 amide bonds. The van der Waals surface area contributed by atoms with Crippen LogP contribution in [0.15, 0.2) is 36.1 Å². The number of nitrogens with zero attached hydrogens (tertiary/aromatic N) is 1. The number of amides is 1. The Balaban J connectivity index is 1.95. The molecule has 0 aliphatic carbocycles.